The molecule has 0 bridgehead atoms. The molecule has 0 unspecified atom stereocenters. The molecule has 1 aliphatic rings. The van der Waals surface area contributed by atoms with Crippen LogP contribution in [0.2, 0.25) is 5.02 Å². The Morgan fingerprint density at radius 2 is 2.07 bits per heavy atom. The van der Waals surface area contributed by atoms with E-state index >= 15 is 0 Å². The largest absolute Gasteiger partial charge is 0.351 e. The molecule has 144 valence electrons. The summed E-state index contributed by atoms with van der Waals surface area (Å²) < 4.78 is 2.11. The highest BCUT2D eigenvalue weighted by Crippen LogP contribution is 2.33. The lowest BCUT2D eigenvalue weighted by atomic mass is 9.89. The first kappa shape index (κ1) is 20.0. The molecule has 0 atom stereocenters. The second-order valence-electron chi connectivity index (χ2n) is 6.73. The standard InChI is InChI=1S/C20H25ClN4OS/c1-2-12-25-19(15-8-4-3-5-9-15)23-24-20(25)27-14-18(26)22-13-16-10-6-7-11-17(16)21/h2,6-7,10-11,15H,1,3-5,8-9,12-14H2,(H,22,26). The van der Waals surface area contributed by atoms with Crippen molar-refractivity contribution in [3.05, 3.63) is 53.3 Å². The van der Waals surface area contributed by atoms with Gasteiger partial charge in [0.2, 0.25) is 5.91 Å². The third-order valence-electron chi connectivity index (χ3n) is 4.79. The van der Waals surface area contributed by atoms with Crippen LogP contribution in [0, 0.1) is 0 Å². The molecule has 2 aromatic rings. The molecule has 3 rings (SSSR count). The van der Waals surface area contributed by atoms with Crippen LogP contribution in [0.3, 0.4) is 0 Å². The Labute approximate surface area is 169 Å². The molecule has 0 spiro atoms. The molecule has 7 heteroatoms. The fraction of sp³-hybridized carbons (Fsp3) is 0.450. The first-order chi connectivity index (χ1) is 13.2. The van der Waals surface area contributed by atoms with Crippen LogP contribution in [0.5, 0.6) is 0 Å². The van der Waals surface area contributed by atoms with Gasteiger partial charge in [0.1, 0.15) is 5.82 Å². The maximum Gasteiger partial charge on any atom is 0.230 e. The van der Waals surface area contributed by atoms with Crippen LogP contribution in [-0.2, 0) is 17.9 Å². The lowest BCUT2D eigenvalue weighted by Gasteiger charge is -2.21. The van der Waals surface area contributed by atoms with Gasteiger partial charge in [-0.05, 0) is 24.5 Å². The summed E-state index contributed by atoms with van der Waals surface area (Å²) in [6.07, 6.45) is 7.99. The molecule has 1 heterocycles. The predicted molar refractivity (Wildman–Crippen MR) is 110 cm³/mol. The Kier molecular flexibility index (Phi) is 7.35. The monoisotopic (exact) mass is 404 g/mol. The number of nitrogens with zero attached hydrogens (tertiary/aromatic N) is 3. The lowest BCUT2D eigenvalue weighted by Crippen LogP contribution is -2.25. The van der Waals surface area contributed by atoms with Crippen LogP contribution in [-0.4, -0.2) is 26.4 Å². The second kappa shape index (κ2) is 9.95. The first-order valence-corrected chi connectivity index (χ1v) is 10.7. The highest BCUT2D eigenvalue weighted by atomic mass is 35.5. The van der Waals surface area contributed by atoms with Gasteiger partial charge in [-0.1, -0.05) is 66.9 Å². The Bertz CT molecular complexity index is 786. The van der Waals surface area contributed by atoms with Crippen molar-refractivity contribution in [2.24, 2.45) is 0 Å². The van der Waals surface area contributed by atoms with Crippen LogP contribution in [0.1, 0.15) is 49.4 Å². The van der Waals surface area contributed by atoms with Crippen molar-refractivity contribution < 1.29 is 4.79 Å². The molecule has 1 aliphatic carbocycles. The molecule has 1 N–H and O–H groups in total. The number of thioether (sulfide) groups is 1. The molecule has 0 radical (unpaired) electrons. The van der Waals surface area contributed by atoms with Gasteiger partial charge in [0.25, 0.3) is 0 Å². The van der Waals surface area contributed by atoms with Gasteiger partial charge in [-0.3, -0.25) is 4.79 Å². The molecule has 27 heavy (non-hydrogen) atoms. The molecule has 0 saturated heterocycles. The minimum absolute atomic E-state index is 0.0488. The van der Waals surface area contributed by atoms with E-state index in [1.807, 2.05) is 30.3 Å². The fourth-order valence-corrected chi connectivity index (χ4v) is 4.37. The number of allylic oxidation sites excluding steroid dienone is 1. The Hall–Kier alpha value is -1.79. The van der Waals surface area contributed by atoms with E-state index in [1.165, 1.54) is 31.0 Å². The highest BCUT2D eigenvalue weighted by molar-refractivity contribution is 7.99. The smallest absolute Gasteiger partial charge is 0.230 e. The number of aromatic nitrogens is 3. The van der Waals surface area contributed by atoms with Crippen LogP contribution >= 0.6 is 23.4 Å². The average Bonchev–Trinajstić information content (AvgIpc) is 3.09. The molecular formula is C20H25ClN4OS. The number of amides is 1. The van der Waals surface area contributed by atoms with Crippen molar-refractivity contribution in [3.8, 4) is 0 Å². The molecule has 1 amide bonds. The molecule has 1 saturated carbocycles. The van der Waals surface area contributed by atoms with Crippen molar-refractivity contribution in [2.75, 3.05) is 5.75 Å². The normalized spacial score (nSPS) is 14.9. The van der Waals surface area contributed by atoms with E-state index in [0.717, 1.165) is 29.4 Å². The molecule has 1 aromatic carbocycles. The summed E-state index contributed by atoms with van der Waals surface area (Å²) in [5, 5.41) is 13.1. The number of nitrogens with one attached hydrogen (secondary N) is 1. The number of rotatable bonds is 8. The zero-order chi connectivity index (χ0) is 19.1. The Balaban J connectivity index is 1.58. The van der Waals surface area contributed by atoms with Crippen molar-refractivity contribution in [1.29, 1.82) is 0 Å². The van der Waals surface area contributed by atoms with Crippen molar-refractivity contribution in [3.63, 3.8) is 0 Å². The van der Waals surface area contributed by atoms with Crippen molar-refractivity contribution in [1.82, 2.24) is 20.1 Å². The van der Waals surface area contributed by atoms with Gasteiger partial charge in [-0.15, -0.1) is 16.8 Å². The van der Waals surface area contributed by atoms with Gasteiger partial charge < -0.3 is 9.88 Å². The summed E-state index contributed by atoms with van der Waals surface area (Å²) in [7, 11) is 0. The van der Waals surface area contributed by atoms with E-state index in [1.54, 1.807) is 0 Å². The summed E-state index contributed by atoms with van der Waals surface area (Å²) in [6, 6.07) is 7.52. The van der Waals surface area contributed by atoms with Crippen LogP contribution < -0.4 is 5.32 Å². The van der Waals surface area contributed by atoms with E-state index in [4.69, 9.17) is 11.6 Å². The van der Waals surface area contributed by atoms with Gasteiger partial charge in [-0.25, -0.2) is 0 Å². The summed E-state index contributed by atoms with van der Waals surface area (Å²) in [5.41, 5.74) is 0.909. The van der Waals surface area contributed by atoms with Gasteiger partial charge in [0.05, 0.1) is 5.75 Å². The van der Waals surface area contributed by atoms with E-state index in [0.29, 0.717) is 29.8 Å². The predicted octanol–water partition coefficient (Wildman–Crippen LogP) is 4.57. The number of carbonyl (C=O) groups excluding carboxylic acids is 1. The molecule has 1 fully saturated rings. The summed E-state index contributed by atoms with van der Waals surface area (Å²) >= 11 is 7.54. The number of halogens is 1. The van der Waals surface area contributed by atoms with Gasteiger partial charge >= 0.3 is 0 Å². The Morgan fingerprint density at radius 3 is 2.81 bits per heavy atom. The highest BCUT2D eigenvalue weighted by Gasteiger charge is 2.23. The number of hydrogen-bond donors (Lipinski definition) is 1. The minimum atomic E-state index is -0.0488. The van der Waals surface area contributed by atoms with Crippen molar-refractivity contribution in [2.45, 2.75) is 56.3 Å². The van der Waals surface area contributed by atoms with E-state index in [-0.39, 0.29) is 5.91 Å². The molecular weight excluding hydrogens is 380 g/mol. The van der Waals surface area contributed by atoms with E-state index < -0.39 is 0 Å². The molecule has 1 aromatic heterocycles. The van der Waals surface area contributed by atoms with E-state index in [9.17, 15) is 4.79 Å². The van der Waals surface area contributed by atoms with Crippen LogP contribution in [0.15, 0.2) is 42.1 Å². The van der Waals surface area contributed by atoms with Gasteiger partial charge in [0, 0.05) is 24.0 Å². The average molecular weight is 405 g/mol. The zero-order valence-electron chi connectivity index (χ0n) is 15.4. The maximum absolute atomic E-state index is 12.2. The topological polar surface area (TPSA) is 59.8 Å². The minimum Gasteiger partial charge on any atom is -0.351 e. The van der Waals surface area contributed by atoms with Gasteiger partial charge in [0.15, 0.2) is 5.16 Å². The first-order valence-electron chi connectivity index (χ1n) is 9.36. The molecule has 5 nitrogen and oxygen atoms in total. The second-order valence-corrected chi connectivity index (χ2v) is 8.08. The third-order valence-corrected chi connectivity index (χ3v) is 6.13. The summed E-state index contributed by atoms with van der Waals surface area (Å²) in [4.78, 5) is 12.2. The van der Waals surface area contributed by atoms with Crippen molar-refractivity contribution >= 4 is 29.3 Å². The lowest BCUT2D eigenvalue weighted by molar-refractivity contribution is -0.118. The number of benzene rings is 1. The summed E-state index contributed by atoms with van der Waals surface area (Å²) in [6.45, 7) is 4.94. The summed E-state index contributed by atoms with van der Waals surface area (Å²) in [5.74, 6) is 1.75. The third kappa shape index (κ3) is 5.36. The van der Waals surface area contributed by atoms with Gasteiger partial charge in [-0.2, -0.15) is 0 Å². The fourth-order valence-electron chi connectivity index (χ4n) is 3.39. The number of carbonyl (C=O) groups is 1. The Morgan fingerprint density at radius 1 is 1.30 bits per heavy atom. The maximum atomic E-state index is 12.2. The van der Waals surface area contributed by atoms with Crippen LogP contribution in [0.25, 0.3) is 0 Å². The molecule has 0 aliphatic heterocycles. The SMILES string of the molecule is C=CCn1c(SCC(=O)NCc2ccccc2Cl)nnc1C1CCCCC1. The quantitative estimate of drug-likeness (QED) is 0.517. The van der Waals surface area contributed by atoms with E-state index in [2.05, 4.69) is 26.7 Å². The zero-order valence-corrected chi connectivity index (χ0v) is 16.9. The van der Waals surface area contributed by atoms with Crippen LogP contribution in [0.4, 0.5) is 0 Å². The number of hydrogen-bond acceptors (Lipinski definition) is 4.